The molecule has 0 unspecified atom stereocenters. The van der Waals surface area contributed by atoms with Crippen molar-refractivity contribution in [2.24, 2.45) is 5.41 Å². The van der Waals surface area contributed by atoms with E-state index in [2.05, 4.69) is 0 Å². The number of aliphatic carboxylic acids is 1. The summed E-state index contributed by atoms with van der Waals surface area (Å²) in [5.74, 6) is -4.01. The molecule has 3 rings (SSSR count). The fraction of sp³-hybridized carbons (Fsp3) is 0.529. The van der Waals surface area contributed by atoms with E-state index in [9.17, 15) is 45.4 Å². The van der Waals surface area contributed by atoms with Crippen LogP contribution in [0.3, 0.4) is 0 Å². The molecule has 1 aromatic carbocycles. The van der Waals surface area contributed by atoms with Crippen molar-refractivity contribution in [3.8, 4) is 0 Å². The summed E-state index contributed by atoms with van der Waals surface area (Å²) in [5, 5.41) is 8.42. The van der Waals surface area contributed by atoms with Gasteiger partial charge in [0.25, 0.3) is 0 Å². The molecule has 0 radical (unpaired) electrons. The van der Waals surface area contributed by atoms with E-state index < -0.39 is 71.7 Å². The largest absolute Gasteiger partial charge is 0.480 e. The number of hydrogen-bond donors (Lipinski definition) is 1. The average Bonchev–Trinajstić information content (AvgIpc) is 3.30. The van der Waals surface area contributed by atoms with Gasteiger partial charge in [-0.15, -0.1) is 11.8 Å². The first kappa shape index (κ1) is 21.7. The maximum Gasteiger partial charge on any atom is 0.417 e. The van der Waals surface area contributed by atoms with E-state index >= 15 is 0 Å². The first-order chi connectivity index (χ1) is 13.3. The molecule has 2 fully saturated rings. The van der Waals surface area contributed by atoms with Crippen molar-refractivity contribution in [2.45, 2.75) is 47.8 Å². The molecular weight excluding hydrogens is 431 g/mol. The lowest BCUT2D eigenvalue weighted by atomic mass is 10.0. The van der Waals surface area contributed by atoms with E-state index in [0.717, 1.165) is 12.1 Å². The van der Waals surface area contributed by atoms with E-state index in [1.807, 2.05) is 0 Å². The summed E-state index contributed by atoms with van der Waals surface area (Å²) in [6.07, 6.45) is -10.9. The summed E-state index contributed by atoms with van der Waals surface area (Å²) in [6, 6.07) is 0.390. The molecule has 1 aliphatic heterocycles. The molecule has 1 saturated carbocycles. The molecule has 29 heavy (non-hydrogen) atoms. The lowest BCUT2D eigenvalue weighted by Gasteiger charge is -2.28. The third kappa shape index (κ3) is 4.03. The molecule has 0 spiro atoms. The molecule has 0 bridgehead atoms. The van der Waals surface area contributed by atoms with Gasteiger partial charge in [-0.3, -0.25) is 4.79 Å². The number of halogens is 7. The highest BCUT2D eigenvalue weighted by molar-refractivity contribution is 8.00. The molecule has 2 atom stereocenters. The van der Waals surface area contributed by atoms with Gasteiger partial charge in [0.1, 0.15) is 17.3 Å². The van der Waals surface area contributed by atoms with E-state index in [4.69, 9.17) is 0 Å². The van der Waals surface area contributed by atoms with Gasteiger partial charge in [0.15, 0.2) is 0 Å². The molecule has 1 saturated heterocycles. The van der Waals surface area contributed by atoms with Gasteiger partial charge in [0, 0.05) is 16.7 Å². The van der Waals surface area contributed by atoms with Gasteiger partial charge >= 0.3 is 18.3 Å². The smallest absolute Gasteiger partial charge is 0.417 e. The van der Waals surface area contributed by atoms with Crippen LogP contribution in [-0.2, 0) is 15.8 Å². The van der Waals surface area contributed by atoms with Crippen LogP contribution in [0.4, 0.5) is 30.7 Å². The lowest BCUT2D eigenvalue weighted by Crippen LogP contribution is -2.48. The zero-order chi connectivity index (χ0) is 21.8. The number of thioether (sulfide) groups is 1. The second-order valence-corrected chi connectivity index (χ2v) is 8.35. The molecule has 1 aliphatic carbocycles. The van der Waals surface area contributed by atoms with Gasteiger partial charge in [0.05, 0.1) is 5.56 Å². The van der Waals surface area contributed by atoms with Crippen LogP contribution >= 0.6 is 11.8 Å². The number of benzene rings is 1. The van der Waals surface area contributed by atoms with Crippen LogP contribution in [0.25, 0.3) is 0 Å². The first-order valence-electron chi connectivity index (χ1n) is 8.40. The molecule has 4 nitrogen and oxygen atoms in total. The number of alkyl halides is 6. The summed E-state index contributed by atoms with van der Waals surface area (Å²) in [6.45, 7) is -0.451. The van der Waals surface area contributed by atoms with Crippen LogP contribution in [0.1, 0.15) is 24.8 Å². The molecule has 1 heterocycles. The molecule has 1 aromatic rings. The van der Waals surface area contributed by atoms with Gasteiger partial charge < -0.3 is 10.0 Å². The summed E-state index contributed by atoms with van der Waals surface area (Å²) < 4.78 is 92.4. The average molecular weight is 445 g/mol. The van der Waals surface area contributed by atoms with E-state index in [1.54, 1.807) is 0 Å². The predicted octanol–water partition coefficient (Wildman–Crippen LogP) is 4.33. The maximum absolute atomic E-state index is 13.2. The van der Waals surface area contributed by atoms with Crippen molar-refractivity contribution in [1.29, 1.82) is 0 Å². The van der Waals surface area contributed by atoms with Crippen molar-refractivity contribution in [3.05, 3.63) is 29.6 Å². The highest BCUT2D eigenvalue weighted by atomic mass is 32.2. The fourth-order valence-corrected chi connectivity index (χ4v) is 4.69. The Kier molecular flexibility index (Phi) is 5.29. The Morgan fingerprint density at radius 3 is 2.24 bits per heavy atom. The van der Waals surface area contributed by atoms with Crippen LogP contribution in [0.5, 0.6) is 0 Å². The third-order valence-corrected chi connectivity index (χ3v) is 6.34. The second kappa shape index (κ2) is 7.06. The predicted molar refractivity (Wildman–Crippen MR) is 86.5 cm³/mol. The number of rotatable bonds is 4. The SMILES string of the molecule is O=C(O)[C@@H]1C[C@@H](Sc2ccc(F)cc2C(F)(F)F)CN1C(=O)C1(C(F)(F)F)CC1. The summed E-state index contributed by atoms with van der Waals surface area (Å²) in [5.41, 5.74) is -3.89. The Labute approximate surface area is 164 Å². The van der Waals surface area contributed by atoms with E-state index in [1.165, 1.54) is 0 Å². The highest BCUT2D eigenvalue weighted by Gasteiger charge is 2.70. The van der Waals surface area contributed by atoms with Crippen molar-refractivity contribution in [1.82, 2.24) is 4.90 Å². The Hall–Kier alpha value is -1.98. The third-order valence-electron chi connectivity index (χ3n) is 5.05. The number of carbonyl (C=O) groups is 2. The number of likely N-dealkylation sites (tertiary alicyclic amines) is 1. The molecular formula is C17H14F7NO3S. The number of carboxylic acid groups (broad SMARTS) is 1. The van der Waals surface area contributed by atoms with Crippen LogP contribution in [0.2, 0.25) is 0 Å². The lowest BCUT2D eigenvalue weighted by molar-refractivity contribution is -0.199. The van der Waals surface area contributed by atoms with Crippen LogP contribution in [0, 0.1) is 11.2 Å². The Bertz CT molecular complexity index is 835. The van der Waals surface area contributed by atoms with Gasteiger partial charge in [-0.25, -0.2) is 9.18 Å². The zero-order valence-electron chi connectivity index (χ0n) is 14.5. The highest BCUT2D eigenvalue weighted by Crippen LogP contribution is 2.59. The number of amides is 1. The normalized spacial score (nSPS) is 23.9. The summed E-state index contributed by atoms with van der Waals surface area (Å²) in [7, 11) is 0. The van der Waals surface area contributed by atoms with Crippen LogP contribution in [-0.4, -0.2) is 45.9 Å². The van der Waals surface area contributed by atoms with Crippen molar-refractivity contribution >= 4 is 23.6 Å². The molecule has 12 heteroatoms. The maximum atomic E-state index is 13.2. The Morgan fingerprint density at radius 2 is 1.76 bits per heavy atom. The molecule has 1 amide bonds. The van der Waals surface area contributed by atoms with Crippen molar-refractivity contribution in [2.75, 3.05) is 6.54 Å². The van der Waals surface area contributed by atoms with Crippen LogP contribution in [0.15, 0.2) is 23.1 Å². The number of carbonyl (C=O) groups excluding carboxylic acids is 1. The van der Waals surface area contributed by atoms with Gasteiger partial charge in [-0.2, -0.15) is 26.3 Å². The minimum absolute atomic E-state index is 0.289. The number of carboxylic acids is 1. The zero-order valence-corrected chi connectivity index (χ0v) is 15.3. The molecule has 160 valence electrons. The standard InChI is InChI=1S/C17H14F7NO3S/c18-8-1-2-12(10(5-8)16(19,20)21)29-9-6-11(13(26)27)25(7-9)14(28)15(3-4-15)17(22,23)24/h1-2,5,9,11H,3-4,6-7H2,(H,26,27)/t9-,11+/m1/s1. The molecule has 0 aromatic heterocycles. The van der Waals surface area contributed by atoms with Gasteiger partial charge in [-0.05, 0) is 37.5 Å². The van der Waals surface area contributed by atoms with Crippen molar-refractivity contribution < 1.29 is 45.4 Å². The minimum atomic E-state index is -4.88. The summed E-state index contributed by atoms with van der Waals surface area (Å²) in [4.78, 5) is 24.1. The van der Waals surface area contributed by atoms with Gasteiger partial charge in [-0.1, -0.05) is 0 Å². The number of nitrogens with zero attached hydrogens (tertiary/aromatic N) is 1. The van der Waals surface area contributed by atoms with Gasteiger partial charge in [0.2, 0.25) is 5.91 Å². The second-order valence-electron chi connectivity index (χ2n) is 7.01. The summed E-state index contributed by atoms with van der Waals surface area (Å²) >= 11 is 0.569. The van der Waals surface area contributed by atoms with Crippen molar-refractivity contribution in [3.63, 3.8) is 0 Å². The van der Waals surface area contributed by atoms with Crippen LogP contribution < -0.4 is 0 Å². The Morgan fingerprint density at radius 1 is 1.14 bits per heavy atom. The topological polar surface area (TPSA) is 57.6 Å². The molecule has 1 N–H and O–H groups in total. The monoisotopic (exact) mass is 445 g/mol. The molecule has 2 aliphatic rings. The minimum Gasteiger partial charge on any atom is -0.480 e. The first-order valence-corrected chi connectivity index (χ1v) is 9.28. The Balaban J connectivity index is 1.84. The quantitative estimate of drug-likeness (QED) is 0.701. The van der Waals surface area contributed by atoms with E-state index in [-0.39, 0.29) is 17.4 Å². The fourth-order valence-electron chi connectivity index (χ4n) is 3.37. The van der Waals surface area contributed by atoms with E-state index in [0.29, 0.717) is 16.7 Å². The number of hydrogen-bond acceptors (Lipinski definition) is 3.